The monoisotopic (exact) mass is 180 g/mol. The molecule has 0 radical (unpaired) electrons. The van der Waals surface area contributed by atoms with Gasteiger partial charge in [0.1, 0.15) is 5.82 Å². The topological polar surface area (TPSA) is 25.8 Å². The molecule has 2 nitrogen and oxygen atoms in total. The summed E-state index contributed by atoms with van der Waals surface area (Å²) >= 11 is 0. The van der Waals surface area contributed by atoms with Gasteiger partial charge < -0.3 is 0 Å². The third-order valence-electron chi connectivity index (χ3n) is 1.71. The minimum absolute atomic E-state index is 0.529. The summed E-state index contributed by atoms with van der Waals surface area (Å²) in [4.78, 5) is 8.41. The predicted octanol–water partition coefficient (Wildman–Crippen LogP) is 3.19. The van der Waals surface area contributed by atoms with Gasteiger partial charge in [0.2, 0.25) is 0 Å². The van der Waals surface area contributed by atoms with Crippen LogP contribution in [-0.2, 0) is 6.42 Å². The molecule has 0 N–H and O–H groups in total. The fourth-order valence-electron chi connectivity index (χ4n) is 0.845. The third-order valence-corrected chi connectivity index (χ3v) is 1.71. The first-order valence-electron chi connectivity index (χ1n) is 5.04. The zero-order chi connectivity index (χ0) is 10.3. The van der Waals surface area contributed by atoms with E-state index in [4.69, 9.17) is 0 Å². The van der Waals surface area contributed by atoms with Gasteiger partial charge >= 0.3 is 0 Å². The van der Waals surface area contributed by atoms with E-state index in [1.807, 2.05) is 26.2 Å². The molecule has 1 heterocycles. The molecule has 0 aliphatic carbocycles. The Balaban J connectivity index is 0.000000671. The highest BCUT2D eigenvalue weighted by atomic mass is 14.9. The molecule has 1 aromatic heterocycles. The van der Waals surface area contributed by atoms with Crippen LogP contribution in [0, 0.1) is 0 Å². The van der Waals surface area contributed by atoms with Gasteiger partial charge in [0.25, 0.3) is 0 Å². The van der Waals surface area contributed by atoms with Crippen molar-refractivity contribution in [1.82, 2.24) is 9.97 Å². The van der Waals surface area contributed by atoms with Gasteiger partial charge in [-0.1, -0.05) is 34.6 Å². The molecule has 13 heavy (non-hydrogen) atoms. The number of rotatable bonds is 2. The standard InChI is InChI=1S/C9H14N2.C2H6/c1-4-9-10-5-8(6-11-9)7(2)3;1-2/h5-7H,4H2,1-3H3;1-2H3. The van der Waals surface area contributed by atoms with Gasteiger partial charge in [-0.05, 0) is 11.5 Å². The first-order valence-corrected chi connectivity index (χ1v) is 5.04. The summed E-state index contributed by atoms with van der Waals surface area (Å²) in [6, 6.07) is 0. The molecule has 1 rings (SSSR count). The Kier molecular flexibility index (Phi) is 6.11. The number of hydrogen-bond acceptors (Lipinski definition) is 2. The molecule has 0 atom stereocenters. The smallest absolute Gasteiger partial charge is 0.127 e. The van der Waals surface area contributed by atoms with Crippen molar-refractivity contribution in [3.63, 3.8) is 0 Å². The summed E-state index contributed by atoms with van der Waals surface area (Å²) in [6.07, 6.45) is 4.74. The molecule has 0 aliphatic rings. The highest BCUT2D eigenvalue weighted by Crippen LogP contribution is 2.10. The Labute approximate surface area is 81.4 Å². The molecule has 0 fully saturated rings. The van der Waals surface area contributed by atoms with Crippen molar-refractivity contribution >= 4 is 0 Å². The average molecular weight is 180 g/mol. The largest absolute Gasteiger partial charge is 0.241 e. The lowest BCUT2D eigenvalue weighted by molar-refractivity contribution is 0.825. The van der Waals surface area contributed by atoms with Crippen molar-refractivity contribution in [1.29, 1.82) is 0 Å². The average Bonchev–Trinajstić information content (AvgIpc) is 2.21. The van der Waals surface area contributed by atoms with Crippen molar-refractivity contribution in [2.24, 2.45) is 0 Å². The number of nitrogens with zero attached hydrogens (tertiary/aromatic N) is 2. The van der Waals surface area contributed by atoms with Crippen molar-refractivity contribution in [2.45, 2.75) is 47.0 Å². The molecule has 0 bridgehead atoms. The van der Waals surface area contributed by atoms with Gasteiger partial charge in [0, 0.05) is 18.8 Å². The maximum Gasteiger partial charge on any atom is 0.127 e. The predicted molar refractivity (Wildman–Crippen MR) is 56.8 cm³/mol. The number of aryl methyl sites for hydroxylation is 1. The third kappa shape index (κ3) is 4.02. The van der Waals surface area contributed by atoms with E-state index in [1.54, 1.807) is 0 Å². The van der Waals surface area contributed by atoms with Crippen LogP contribution in [-0.4, -0.2) is 9.97 Å². The van der Waals surface area contributed by atoms with Gasteiger partial charge in [-0.25, -0.2) is 9.97 Å². The van der Waals surface area contributed by atoms with E-state index in [1.165, 1.54) is 5.56 Å². The molecule has 0 aromatic carbocycles. The van der Waals surface area contributed by atoms with E-state index < -0.39 is 0 Å². The van der Waals surface area contributed by atoms with E-state index in [9.17, 15) is 0 Å². The second-order valence-corrected chi connectivity index (χ2v) is 2.94. The normalized spacial score (nSPS) is 9.38. The second kappa shape index (κ2) is 6.58. The number of hydrogen-bond donors (Lipinski definition) is 0. The highest BCUT2D eigenvalue weighted by molar-refractivity contribution is 5.09. The molecule has 0 saturated carbocycles. The van der Waals surface area contributed by atoms with Crippen molar-refractivity contribution in [3.05, 3.63) is 23.8 Å². The first-order chi connectivity index (χ1) is 6.24. The quantitative estimate of drug-likeness (QED) is 0.698. The Hall–Kier alpha value is -0.920. The minimum Gasteiger partial charge on any atom is -0.241 e. The van der Waals surface area contributed by atoms with Crippen LogP contribution in [0.1, 0.15) is 51.9 Å². The zero-order valence-electron chi connectivity index (χ0n) is 9.33. The van der Waals surface area contributed by atoms with Crippen LogP contribution in [0.4, 0.5) is 0 Å². The maximum atomic E-state index is 4.21. The molecule has 74 valence electrons. The molecule has 0 aliphatic heterocycles. The minimum atomic E-state index is 0.529. The van der Waals surface area contributed by atoms with Crippen LogP contribution in [0.5, 0.6) is 0 Å². The van der Waals surface area contributed by atoms with Crippen LogP contribution in [0.2, 0.25) is 0 Å². The van der Waals surface area contributed by atoms with Crippen LogP contribution in [0.15, 0.2) is 12.4 Å². The van der Waals surface area contributed by atoms with Gasteiger partial charge in [-0.2, -0.15) is 0 Å². The van der Waals surface area contributed by atoms with E-state index in [0.29, 0.717) is 5.92 Å². The summed E-state index contributed by atoms with van der Waals surface area (Å²) in [7, 11) is 0. The Morgan fingerprint density at radius 3 is 1.92 bits per heavy atom. The van der Waals surface area contributed by atoms with E-state index in [2.05, 4.69) is 30.7 Å². The molecule has 0 amide bonds. The van der Waals surface area contributed by atoms with Crippen molar-refractivity contribution in [3.8, 4) is 0 Å². The summed E-state index contributed by atoms with van der Waals surface area (Å²) in [5, 5.41) is 0. The molecule has 0 unspecified atom stereocenters. The Morgan fingerprint density at radius 2 is 1.62 bits per heavy atom. The van der Waals surface area contributed by atoms with Crippen LogP contribution in [0.3, 0.4) is 0 Å². The van der Waals surface area contributed by atoms with Gasteiger partial charge in [0.15, 0.2) is 0 Å². The van der Waals surface area contributed by atoms with Crippen LogP contribution < -0.4 is 0 Å². The summed E-state index contributed by atoms with van der Waals surface area (Å²) in [6.45, 7) is 10.3. The Bertz CT molecular complexity index is 214. The van der Waals surface area contributed by atoms with Crippen LogP contribution in [0.25, 0.3) is 0 Å². The van der Waals surface area contributed by atoms with Crippen molar-refractivity contribution in [2.75, 3.05) is 0 Å². The van der Waals surface area contributed by atoms with E-state index in [-0.39, 0.29) is 0 Å². The molecule has 0 saturated heterocycles. The second-order valence-electron chi connectivity index (χ2n) is 2.94. The van der Waals surface area contributed by atoms with Gasteiger partial charge in [-0.15, -0.1) is 0 Å². The lowest BCUT2D eigenvalue weighted by atomic mass is 10.1. The fraction of sp³-hybridized carbons (Fsp3) is 0.636. The first kappa shape index (κ1) is 12.1. The van der Waals surface area contributed by atoms with E-state index >= 15 is 0 Å². The molecule has 0 spiro atoms. The highest BCUT2D eigenvalue weighted by Gasteiger charge is 1.98. The maximum absolute atomic E-state index is 4.21. The fourth-order valence-corrected chi connectivity index (χ4v) is 0.845. The van der Waals surface area contributed by atoms with E-state index in [0.717, 1.165) is 12.2 Å². The van der Waals surface area contributed by atoms with Crippen molar-refractivity contribution < 1.29 is 0 Å². The summed E-state index contributed by atoms with van der Waals surface area (Å²) in [5.74, 6) is 1.45. The molecule has 2 heteroatoms. The number of aromatic nitrogens is 2. The molecular weight excluding hydrogens is 160 g/mol. The Morgan fingerprint density at radius 1 is 1.15 bits per heavy atom. The zero-order valence-corrected chi connectivity index (χ0v) is 9.33. The summed E-state index contributed by atoms with van der Waals surface area (Å²) in [5.41, 5.74) is 1.21. The molecular formula is C11H20N2. The lowest BCUT2D eigenvalue weighted by Gasteiger charge is -2.03. The summed E-state index contributed by atoms with van der Waals surface area (Å²) < 4.78 is 0. The SMILES string of the molecule is CC.CCc1ncc(C(C)C)cn1. The van der Waals surface area contributed by atoms with Gasteiger partial charge in [-0.3, -0.25) is 0 Å². The van der Waals surface area contributed by atoms with Gasteiger partial charge in [0.05, 0.1) is 0 Å². The lowest BCUT2D eigenvalue weighted by Crippen LogP contribution is -1.95. The molecule has 1 aromatic rings. The van der Waals surface area contributed by atoms with Crippen LogP contribution >= 0.6 is 0 Å².